The van der Waals surface area contributed by atoms with Crippen LogP contribution in [0.2, 0.25) is 18.1 Å². The van der Waals surface area contributed by atoms with Gasteiger partial charge in [0.1, 0.15) is 18.3 Å². The molecule has 1 saturated heterocycles. The third-order valence-corrected chi connectivity index (χ3v) is 11.0. The van der Waals surface area contributed by atoms with E-state index in [4.69, 9.17) is 9.16 Å². The van der Waals surface area contributed by atoms with Crippen LogP contribution >= 0.6 is 0 Å². The first-order chi connectivity index (χ1) is 12.5. The molecule has 3 aliphatic rings. The molecule has 0 unspecified atom stereocenters. The molecule has 3 rings (SSSR count). The summed E-state index contributed by atoms with van der Waals surface area (Å²) < 4.78 is 12.3. The smallest absolute Gasteiger partial charge is 0.309 e. The number of hydrogen-bond donors (Lipinski definition) is 1. The average molecular weight is 387 g/mol. The van der Waals surface area contributed by atoms with Crippen molar-refractivity contribution in [1.29, 1.82) is 0 Å². The van der Waals surface area contributed by atoms with Crippen LogP contribution in [-0.2, 0) is 14.0 Å². The summed E-state index contributed by atoms with van der Waals surface area (Å²) in [5, 5.41) is 10.5. The highest BCUT2D eigenvalue weighted by Crippen LogP contribution is 2.46. The Morgan fingerprint density at radius 1 is 1.22 bits per heavy atom. The molecule has 7 atom stereocenters. The minimum Gasteiger partial charge on any atom is -0.461 e. The van der Waals surface area contributed by atoms with Gasteiger partial charge in [0.2, 0.25) is 0 Å². The van der Waals surface area contributed by atoms with Gasteiger partial charge in [-0.1, -0.05) is 50.5 Å². The fourth-order valence-corrected chi connectivity index (χ4v) is 4.99. The quantitative estimate of drug-likeness (QED) is 0.350. The van der Waals surface area contributed by atoms with Gasteiger partial charge in [-0.3, -0.25) is 4.79 Å². The van der Waals surface area contributed by atoms with E-state index in [9.17, 15) is 9.90 Å². The zero-order valence-corrected chi connectivity index (χ0v) is 17.9. The number of ether oxygens (including phenoxy) is 1. The lowest BCUT2D eigenvalue weighted by Crippen LogP contribution is -2.48. The number of esters is 1. The predicted molar refractivity (Wildman–Crippen MR) is 107 cm³/mol. The molecular weight excluding hydrogens is 356 g/mol. The number of aliphatic hydroxyl groups excluding tert-OH is 1. The molecule has 1 saturated carbocycles. The Kier molecular flexibility index (Phi) is 5.34. The lowest BCUT2D eigenvalue weighted by atomic mass is 9.72. The van der Waals surface area contributed by atoms with E-state index in [0.29, 0.717) is 6.42 Å². The molecule has 0 spiro atoms. The Bertz CT molecular complexity index is 742. The highest BCUT2D eigenvalue weighted by Gasteiger charge is 2.52. The predicted octanol–water partition coefficient (Wildman–Crippen LogP) is 3.13. The van der Waals surface area contributed by atoms with E-state index >= 15 is 0 Å². The molecule has 4 nitrogen and oxygen atoms in total. The summed E-state index contributed by atoms with van der Waals surface area (Å²) in [6.07, 6.45) is 1.58. The van der Waals surface area contributed by atoms with E-state index < -0.39 is 26.4 Å². The molecule has 0 aromatic rings. The van der Waals surface area contributed by atoms with Gasteiger partial charge in [0.25, 0.3) is 0 Å². The van der Waals surface area contributed by atoms with Crippen molar-refractivity contribution < 1.29 is 19.1 Å². The molecule has 4 bridgehead atoms. The summed E-state index contributed by atoms with van der Waals surface area (Å²) in [6, 6.07) is 0. The minimum atomic E-state index is -2.11. The van der Waals surface area contributed by atoms with E-state index in [2.05, 4.69) is 64.1 Å². The molecule has 2 aliphatic carbocycles. The van der Waals surface area contributed by atoms with Crippen molar-refractivity contribution in [2.45, 2.75) is 70.1 Å². The van der Waals surface area contributed by atoms with E-state index in [0.717, 1.165) is 6.42 Å². The van der Waals surface area contributed by atoms with E-state index in [-0.39, 0.29) is 34.9 Å². The van der Waals surface area contributed by atoms with Crippen LogP contribution in [0.5, 0.6) is 0 Å². The number of fused-ring (bicyclic) bond motifs is 6. The molecule has 0 radical (unpaired) electrons. The molecule has 0 aromatic carbocycles. The largest absolute Gasteiger partial charge is 0.461 e. The lowest BCUT2D eigenvalue weighted by Gasteiger charge is -2.42. The maximum atomic E-state index is 12.5. The molecule has 146 valence electrons. The van der Waals surface area contributed by atoms with Gasteiger partial charge in [0.05, 0.1) is 17.8 Å². The van der Waals surface area contributed by atoms with Crippen LogP contribution in [0, 0.1) is 47.4 Å². The number of aliphatic hydroxyl groups is 1. The van der Waals surface area contributed by atoms with Crippen LogP contribution in [0.4, 0.5) is 0 Å². The number of hydrogen-bond acceptors (Lipinski definition) is 4. The molecule has 27 heavy (non-hydrogen) atoms. The molecular formula is C22H30O4Si. The van der Waals surface area contributed by atoms with Crippen LogP contribution in [-0.4, -0.2) is 37.7 Å². The normalized spacial score (nSPS) is 38.0. The molecule has 5 heteroatoms. The van der Waals surface area contributed by atoms with Crippen molar-refractivity contribution in [2.24, 2.45) is 23.7 Å². The van der Waals surface area contributed by atoms with Gasteiger partial charge < -0.3 is 14.3 Å². The minimum absolute atomic E-state index is 0.0266. The van der Waals surface area contributed by atoms with Gasteiger partial charge in [-0.25, -0.2) is 0 Å². The van der Waals surface area contributed by atoms with Crippen LogP contribution in [0.15, 0.2) is 12.7 Å². The van der Waals surface area contributed by atoms with Crippen LogP contribution in [0.3, 0.4) is 0 Å². The zero-order chi connectivity index (χ0) is 20.0. The summed E-state index contributed by atoms with van der Waals surface area (Å²) in [4.78, 5) is 12.5. The van der Waals surface area contributed by atoms with Gasteiger partial charge in [-0.05, 0) is 31.0 Å². The van der Waals surface area contributed by atoms with Crippen molar-refractivity contribution >= 4 is 14.3 Å². The Labute approximate surface area is 163 Å². The molecule has 0 aromatic heterocycles. The monoisotopic (exact) mass is 386 g/mol. The first-order valence-corrected chi connectivity index (χ1v) is 12.7. The second-order valence-electron chi connectivity index (χ2n) is 9.41. The van der Waals surface area contributed by atoms with Crippen molar-refractivity contribution in [3.05, 3.63) is 12.7 Å². The summed E-state index contributed by atoms with van der Waals surface area (Å²) in [5.74, 6) is 11.6. The summed E-state index contributed by atoms with van der Waals surface area (Å²) in [6.45, 7) is 14.7. The van der Waals surface area contributed by atoms with Gasteiger partial charge in [-0.2, -0.15) is 0 Å². The van der Waals surface area contributed by atoms with Gasteiger partial charge in [-0.15, -0.1) is 6.58 Å². The highest BCUT2D eigenvalue weighted by atomic mass is 28.4. The van der Waals surface area contributed by atoms with Gasteiger partial charge in [0, 0.05) is 5.92 Å². The van der Waals surface area contributed by atoms with E-state index in [1.807, 2.05) is 0 Å². The third kappa shape index (κ3) is 3.87. The fourth-order valence-electron chi connectivity index (χ4n) is 3.77. The SMILES string of the molecule is C=C[C@@H]1C#C[C@H]2C[C@H]([C@@H]3C[C@H]2OC3=O)[C@H](O[Si](C)(C)C(C)(C)C)C#C[C@@H]1O. The Balaban J connectivity index is 2.01. The topological polar surface area (TPSA) is 55.8 Å². The maximum Gasteiger partial charge on any atom is 0.309 e. The van der Waals surface area contributed by atoms with Gasteiger partial charge >= 0.3 is 5.97 Å². The van der Waals surface area contributed by atoms with E-state index in [1.54, 1.807) is 6.08 Å². The first kappa shape index (κ1) is 20.2. The fraction of sp³-hybridized carbons (Fsp3) is 0.682. The van der Waals surface area contributed by atoms with Crippen molar-refractivity contribution in [3.8, 4) is 23.7 Å². The second kappa shape index (κ2) is 7.13. The molecule has 1 aliphatic heterocycles. The third-order valence-electron chi connectivity index (χ3n) is 6.57. The number of carbonyl (C=O) groups excluding carboxylic acids is 1. The summed E-state index contributed by atoms with van der Waals surface area (Å²) >= 11 is 0. The molecule has 0 amide bonds. The molecule has 2 fully saturated rings. The Morgan fingerprint density at radius 2 is 1.93 bits per heavy atom. The molecule has 1 N–H and O–H groups in total. The lowest BCUT2D eigenvalue weighted by molar-refractivity contribution is -0.144. The number of rotatable bonds is 3. The summed E-state index contributed by atoms with van der Waals surface area (Å²) in [5.41, 5.74) is 0. The van der Waals surface area contributed by atoms with Crippen molar-refractivity contribution in [3.63, 3.8) is 0 Å². The highest BCUT2D eigenvalue weighted by molar-refractivity contribution is 6.74. The average Bonchev–Trinajstić information content (AvgIpc) is 2.89. The zero-order valence-electron chi connectivity index (χ0n) is 16.9. The Morgan fingerprint density at radius 3 is 2.56 bits per heavy atom. The molecule has 1 heterocycles. The van der Waals surface area contributed by atoms with Crippen molar-refractivity contribution in [2.75, 3.05) is 0 Å². The summed E-state index contributed by atoms with van der Waals surface area (Å²) in [7, 11) is -2.11. The van der Waals surface area contributed by atoms with Crippen molar-refractivity contribution in [1.82, 2.24) is 0 Å². The standard InChI is InChI=1S/C22H30O4Si/c1-7-14-8-9-15-12-16(17-13-20(15)25-21(17)24)19(11-10-18(14)23)26-27(5,6)22(2,3)4/h7,14-20,23H,1,12-13H2,2-6H3/t14-,15+,16-,17+,18+,19-,20-/m1/s1. The van der Waals surface area contributed by atoms with E-state index in [1.165, 1.54) is 0 Å². The Hall–Kier alpha value is -1.53. The first-order valence-electron chi connectivity index (χ1n) is 9.74. The van der Waals surface area contributed by atoms with Crippen LogP contribution in [0.25, 0.3) is 0 Å². The van der Waals surface area contributed by atoms with Crippen LogP contribution in [0.1, 0.15) is 33.6 Å². The number of carbonyl (C=O) groups is 1. The van der Waals surface area contributed by atoms with Crippen LogP contribution < -0.4 is 0 Å². The van der Waals surface area contributed by atoms with Gasteiger partial charge in [0.15, 0.2) is 8.32 Å². The maximum absolute atomic E-state index is 12.5. The second-order valence-corrected chi connectivity index (χ2v) is 14.2.